The van der Waals surface area contributed by atoms with Gasteiger partial charge in [-0.1, -0.05) is 19.1 Å². The van der Waals surface area contributed by atoms with E-state index in [1.54, 1.807) is 0 Å². The summed E-state index contributed by atoms with van der Waals surface area (Å²) in [6.45, 7) is 3.90. The largest absolute Gasteiger partial charge is 0.443 e. The normalized spacial score (nSPS) is 10.7. The molecular formula is C13H15IN2O. The van der Waals surface area contributed by atoms with Crippen molar-refractivity contribution in [3.8, 4) is 11.3 Å². The van der Waals surface area contributed by atoms with Gasteiger partial charge in [-0.05, 0) is 47.7 Å². The number of aromatic nitrogens is 1. The highest BCUT2D eigenvalue weighted by molar-refractivity contribution is 14.1. The molecule has 0 aliphatic carbocycles. The van der Waals surface area contributed by atoms with Crippen LogP contribution in [0.25, 0.3) is 11.3 Å². The molecule has 0 aliphatic heterocycles. The Labute approximate surface area is 115 Å². The van der Waals surface area contributed by atoms with Gasteiger partial charge in [0, 0.05) is 15.7 Å². The van der Waals surface area contributed by atoms with E-state index in [9.17, 15) is 0 Å². The van der Waals surface area contributed by atoms with Gasteiger partial charge in [0.1, 0.15) is 5.69 Å². The lowest BCUT2D eigenvalue weighted by Crippen LogP contribution is -2.14. The highest BCUT2D eigenvalue weighted by atomic mass is 127. The molecular weight excluding hydrogens is 327 g/mol. The van der Waals surface area contributed by atoms with Crippen molar-refractivity contribution in [3.05, 3.63) is 39.9 Å². The van der Waals surface area contributed by atoms with Gasteiger partial charge in [0.25, 0.3) is 0 Å². The highest BCUT2D eigenvalue weighted by Crippen LogP contribution is 2.24. The van der Waals surface area contributed by atoms with Crippen LogP contribution in [0.3, 0.4) is 0 Å². The summed E-state index contributed by atoms with van der Waals surface area (Å²) in [6, 6.07) is 8.24. The maximum Gasteiger partial charge on any atom is 0.181 e. The summed E-state index contributed by atoms with van der Waals surface area (Å²) >= 11 is 2.30. The first-order valence-corrected chi connectivity index (χ1v) is 6.78. The van der Waals surface area contributed by atoms with Crippen LogP contribution in [0.2, 0.25) is 0 Å². The predicted octanol–water partition coefficient (Wildman–Crippen LogP) is 3.45. The molecule has 2 rings (SSSR count). The Hall–Kier alpha value is -0.880. The summed E-state index contributed by atoms with van der Waals surface area (Å²) in [5, 5.41) is 3.34. The molecule has 0 atom stereocenters. The molecule has 0 bridgehead atoms. The summed E-state index contributed by atoms with van der Waals surface area (Å²) in [7, 11) is 0. The summed E-state index contributed by atoms with van der Waals surface area (Å²) in [5.74, 6) is 0.868. The van der Waals surface area contributed by atoms with E-state index in [4.69, 9.17) is 4.42 Å². The first-order chi connectivity index (χ1) is 8.31. The minimum absolute atomic E-state index is 0.755. The highest BCUT2D eigenvalue weighted by Gasteiger charge is 2.10. The van der Waals surface area contributed by atoms with Gasteiger partial charge in [-0.25, -0.2) is 4.98 Å². The van der Waals surface area contributed by atoms with E-state index >= 15 is 0 Å². The van der Waals surface area contributed by atoms with Crippen LogP contribution >= 0.6 is 22.6 Å². The van der Waals surface area contributed by atoms with Crippen LogP contribution in [-0.4, -0.2) is 11.5 Å². The fraction of sp³-hybridized carbons (Fsp3) is 0.308. The van der Waals surface area contributed by atoms with Gasteiger partial charge in [0.2, 0.25) is 0 Å². The maximum absolute atomic E-state index is 5.48. The van der Waals surface area contributed by atoms with Crippen LogP contribution in [-0.2, 0) is 6.54 Å². The molecule has 1 N–H and O–H groups in total. The number of halogens is 1. The molecule has 4 heteroatoms. The Morgan fingerprint density at radius 2 is 2.29 bits per heavy atom. The van der Waals surface area contributed by atoms with Gasteiger partial charge in [-0.2, -0.15) is 0 Å². The van der Waals surface area contributed by atoms with E-state index in [0.717, 1.165) is 36.5 Å². The third kappa shape index (κ3) is 3.29. The molecule has 3 nitrogen and oxygen atoms in total. The van der Waals surface area contributed by atoms with Crippen molar-refractivity contribution in [2.24, 2.45) is 0 Å². The summed E-state index contributed by atoms with van der Waals surface area (Å²) < 4.78 is 6.68. The molecule has 0 saturated carbocycles. The van der Waals surface area contributed by atoms with Crippen molar-refractivity contribution in [2.75, 3.05) is 6.54 Å². The zero-order valence-electron chi connectivity index (χ0n) is 9.74. The number of oxazole rings is 1. The summed E-state index contributed by atoms with van der Waals surface area (Å²) in [5.41, 5.74) is 2.06. The predicted molar refractivity (Wildman–Crippen MR) is 76.7 cm³/mol. The molecule has 1 aromatic heterocycles. The van der Waals surface area contributed by atoms with E-state index < -0.39 is 0 Å². The minimum Gasteiger partial charge on any atom is -0.443 e. The number of benzene rings is 1. The first-order valence-electron chi connectivity index (χ1n) is 5.70. The van der Waals surface area contributed by atoms with Crippen LogP contribution in [0.15, 0.2) is 35.1 Å². The summed E-state index contributed by atoms with van der Waals surface area (Å²) in [6.07, 6.45) is 2.63. The van der Waals surface area contributed by atoms with Crippen molar-refractivity contribution >= 4 is 22.6 Å². The molecule has 0 amide bonds. The molecule has 0 radical (unpaired) electrons. The van der Waals surface area contributed by atoms with Crippen LogP contribution in [0.4, 0.5) is 0 Å². The van der Waals surface area contributed by atoms with Gasteiger partial charge in [-0.3, -0.25) is 0 Å². The van der Waals surface area contributed by atoms with Gasteiger partial charge in [-0.15, -0.1) is 0 Å². The molecule has 90 valence electrons. The van der Waals surface area contributed by atoms with Crippen molar-refractivity contribution in [1.82, 2.24) is 10.3 Å². The molecule has 0 spiro atoms. The third-order valence-electron chi connectivity index (χ3n) is 2.45. The second-order valence-corrected chi connectivity index (χ2v) is 5.06. The van der Waals surface area contributed by atoms with Gasteiger partial charge < -0.3 is 9.73 Å². The van der Waals surface area contributed by atoms with E-state index in [0.29, 0.717) is 0 Å². The number of rotatable bonds is 5. The molecule has 0 saturated heterocycles. The smallest absolute Gasteiger partial charge is 0.181 e. The van der Waals surface area contributed by atoms with Crippen LogP contribution in [0, 0.1) is 3.57 Å². The van der Waals surface area contributed by atoms with E-state index in [1.807, 2.05) is 12.1 Å². The lowest BCUT2D eigenvalue weighted by Gasteiger charge is -2.03. The number of hydrogen-bond donors (Lipinski definition) is 1. The minimum atomic E-state index is 0.755. The monoisotopic (exact) mass is 342 g/mol. The maximum atomic E-state index is 5.48. The second kappa shape index (κ2) is 6.16. The zero-order chi connectivity index (χ0) is 12.1. The van der Waals surface area contributed by atoms with Gasteiger partial charge in [0.05, 0.1) is 0 Å². The SMILES string of the molecule is CCCNCc1ncoc1-c1cccc(I)c1. The lowest BCUT2D eigenvalue weighted by atomic mass is 10.1. The fourth-order valence-corrected chi connectivity index (χ4v) is 2.19. The quantitative estimate of drug-likeness (QED) is 0.668. The van der Waals surface area contributed by atoms with Gasteiger partial charge in [0.15, 0.2) is 12.2 Å². The Morgan fingerprint density at radius 3 is 3.06 bits per heavy atom. The summed E-state index contributed by atoms with van der Waals surface area (Å²) in [4.78, 5) is 4.26. The average Bonchev–Trinajstić information content (AvgIpc) is 2.78. The first kappa shape index (κ1) is 12.6. The fourth-order valence-electron chi connectivity index (χ4n) is 1.64. The van der Waals surface area contributed by atoms with Crippen molar-refractivity contribution in [2.45, 2.75) is 19.9 Å². The third-order valence-corrected chi connectivity index (χ3v) is 3.12. The zero-order valence-corrected chi connectivity index (χ0v) is 11.9. The van der Waals surface area contributed by atoms with Crippen molar-refractivity contribution in [1.29, 1.82) is 0 Å². The standard InChI is InChI=1S/C13H15IN2O/c1-2-6-15-8-12-13(17-9-16-12)10-4-3-5-11(14)7-10/h3-5,7,9,15H,2,6,8H2,1H3. The van der Waals surface area contributed by atoms with E-state index in [-0.39, 0.29) is 0 Å². The Bertz CT molecular complexity index is 482. The van der Waals surface area contributed by atoms with Crippen LogP contribution in [0.1, 0.15) is 19.0 Å². The molecule has 17 heavy (non-hydrogen) atoms. The van der Waals surface area contributed by atoms with E-state index in [2.05, 4.69) is 51.9 Å². The Balaban J connectivity index is 2.18. The lowest BCUT2D eigenvalue weighted by molar-refractivity contribution is 0.569. The number of nitrogens with one attached hydrogen (secondary N) is 1. The average molecular weight is 342 g/mol. The molecule has 2 aromatic rings. The molecule has 0 unspecified atom stereocenters. The molecule has 1 aromatic carbocycles. The van der Waals surface area contributed by atoms with Crippen molar-refractivity contribution < 1.29 is 4.42 Å². The van der Waals surface area contributed by atoms with Gasteiger partial charge >= 0.3 is 0 Å². The molecule has 0 aliphatic rings. The van der Waals surface area contributed by atoms with Crippen LogP contribution in [0.5, 0.6) is 0 Å². The topological polar surface area (TPSA) is 38.1 Å². The molecule has 0 fully saturated rings. The molecule has 1 heterocycles. The Kier molecular flexibility index (Phi) is 4.56. The number of nitrogens with zero attached hydrogens (tertiary/aromatic N) is 1. The second-order valence-electron chi connectivity index (χ2n) is 3.82. The van der Waals surface area contributed by atoms with E-state index in [1.165, 1.54) is 9.96 Å². The number of hydrogen-bond acceptors (Lipinski definition) is 3. The Morgan fingerprint density at radius 1 is 1.41 bits per heavy atom. The van der Waals surface area contributed by atoms with Crippen LogP contribution < -0.4 is 5.32 Å². The van der Waals surface area contributed by atoms with Crippen molar-refractivity contribution in [3.63, 3.8) is 0 Å².